The van der Waals surface area contributed by atoms with Gasteiger partial charge < -0.3 is 0 Å². The molecule has 0 bridgehead atoms. The van der Waals surface area contributed by atoms with Crippen LogP contribution in [0.4, 0.5) is 11.4 Å². The van der Waals surface area contributed by atoms with Crippen LogP contribution in [0, 0.1) is 37.5 Å². The Labute approximate surface area is 201 Å². The molecule has 0 radical (unpaired) electrons. The second-order valence-corrected chi connectivity index (χ2v) is 7.82. The molecular formula is C32H24N2. The van der Waals surface area contributed by atoms with Crippen LogP contribution in [0.15, 0.2) is 119 Å². The molecule has 0 aliphatic heterocycles. The third-order valence-electron chi connectivity index (χ3n) is 4.97. The number of aryl methyl sites for hydroxylation is 2. The lowest BCUT2D eigenvalue weighted by Gasteiger charge is -2.02. The Kier molecular flexibility index (Phi) is 7.47. The fourth-order valence-corrected chi connectivity index (χ4v) is 3.08. The lowest BCUT2D eigenvalue weighted by molar-refractivity contribution is 1.43. The van der Waals surface area contributed by atoms with E-state index in [1.54, 1.807) is 0 Å². The summed E-state index contributed by atoms with van der Waals surface area (Å²) in [6.45, 7) is 4.11. The molecule has 2 heteroatoms. The lowest BCUT2D eigenvalue weighted by Crippen LogP contribution is -2.10. The smallest absolute Gasteiger partial charge is 0.148 e. The second-order valence-electron chi connectivity index (χ2n) is 7.82. The Morgan fingerprint density at radius 2 is 0.824 bits per heavy atom. The van der Waals surface area contributed by atoms with E-state index in [1.165, 1.54) is 11.1 Å². The summed E-state index contributed by atoms with van der Waals surface area (Å²) in [4.78, 5) is 9.70. The van der Waals surface area contributed by atoms with Gasteiger partial charge in [-0.2, -0.15) is 0 Å². The van der Waals surface area contributed by atoms with Crippen LogP contribution >= 0.6 is 0 Å². The summed E-state index contributed by atoms with van der Waals surface area (Å²) in [5.74, 6) is 12.9. The molecule has 0 aliphatic carbocycles. The molecule has 0 atom stereocenters. The van der Waals surface area contributed by atoms with E-state index >= 15 is 0 Å². The molecule has 34 heavy (non-hydrogen) atoms. The molecule has 0 aromatic heterocycles. The minimum Gasteiger partial charge on any atom is -0.237 e. The molecule has 4 aromatic carbocycles. The van der Waals surface area contributed by atoms with E-state index in [0.717, 1.165) is 22.5 Å². The van der Waals surface area contributed by atoms with Gasteiger partial charge in [0.1, 0.15) is 11.4 Å². The van der Waals surface area contributed by atoms with E-state index < -0.39 is 0 Å². The van der Waals surface area contributed by atoms with Gasteiger partial charge in [0.15, 0.2) is 0 Å². The Bertz CT molecular complexity index is 1310. The number of hydrogen-bond donors (Lipinski definition) is 0. The fourth-order valence-electron chi connectivity index (χ4n) is 3.08. The molecule has 162 valence electrons. The molecule has 4 rings (SSSR count). The lowest BCUT2D eigenvalue weighted by atomic mass is 10.1. The highest BCUT2D eigenvalue weighted by Crippen LogP contribution is 2.16. The van der Waals surface area contributed by atoms with Crippen LogP contribution in [0.5, 0.6) is 0 Å². The van der Waals surface area contributed by atoms with E-state index in [9.17, 15) is 0 Å². The first-order chi connectivity index (χ1) is 16.7. The van der Waals surface area contributed by atoms with Gasteiger partial charge in [0.05, 0.1) is 11.4 Å². The van der Waals surface area contributed by atoms with Crippen molar-refractivity contribution in [3.8, 4) is 23.7 Å². The maximum absolute atomic E-state index is 4.85. The number of benzene rings is 4. The van der Waals surface area contributed by atoms with Crippen molar-refractivity contribution in [3.05, 3.63) is 131 Å². The van der Waals surface area contributed by atoms with E-state index in [2.05, 4.69) is 37.5 Å². The van der Waals surface area contributed by atoms with Crippen LogP contribution in [0.3, 0.4) is 0 Å². The van der Waals surface area contributed by atoms with Crippen LogP contribution in [0.25, 0.3) is 0 Å². The highest BCUT2D eigenvalue weighted by molar-refractivity contribution is 6.55. The van der Waals surface area contributed by atoms with Gasteiger partial charge in [-0.15, -0.1) is 0 Å². The van der Waals surface area contributed by atoms with Crippen molar-refractivity contribution in [2.45, 2.75) is 13.8 Å². The van der Waals surface area contributed by atoms with Crippen LogP contribution in [0.1, 0.15) is 22.3 Å². The van der Waals surface area contributed by atoms with Crippen LogP contribution in [0.2, 0.25) is 0 Å². The van der Waals surface area contributed by atoms with E-state index in [4.69, 9.17) is 9.98 Å². The molecule has 0 fully saturated rings. The molecule has 0 N–H and O–H groups in total. The zero-order valence-corrected chi connectivity index (χ0v) is 19.3. The van der Waals surface area contributed by atoms with Crippen molar-refractivity contribution in [2.24, 2.45) is 9.98 Å². The summed E-state index contributed by atoms with van der Waals surface area (Å²) in [7, 11) is 0. The Hall–Kier alpha value is -4.66. The predicted molar refractivity (Wildman–Crippen MR) is 143 cm³/mol. The molecule has 0 saturated heterocycles. The third kappa shape index (κ3) is 6.67. The number of nitrogens with zero attached hydrogens (tertiary/aromatic N) is 2. The SMILES string of the molecule is Cc1ccc(N=C(C#Cc2ccccc2)C(C#Cc2ccccc2)=Nc2ccc(C)cc2)cc1. The van der Waals surface area contributed by atoms with Crippen molar-refractivity contribution in [1.82, 2.24) is 0 Å². The molecule has 0 heterocycles. The first-order valence-corrected chi connectivity index (χ1v) is 11.1. The molecule has 0 amide bonds. The zero-order chi connectivity index (χ0) is 23.6. The first kappa shape index (κ1) is 22.5. The van der Waals surface area contributed by atoms with Gasteiger partial charge in [-0.3, -0.25) is 0 Å². The van der Waals surface area contributed by atoms with Gasteiger partial charge >= 0.3 is 0 Å². The fraction of sp³-hybridized carbons (Fsp3) is 0.0625. The Balaban J connectivity index is 1.85. The normalized spacial score (nSPS) is 11.1. The van der Waals surface area contributed by atoms with E-state index in [1.807, 2.05) is 109 Å². The Morgan fingerprint density at radius 3 is 1.18 bits per heavy atom. The topological polar surface area (TPSA) is 24.7 Å². The average molecular weight is 437 g/mol. The molecule has 0 aliphatic rings. The minimum absolute atomic E-state index is 0.525. The van der Waals surface area contributed by atoms with Gasteiger partial charge in [0, 0.05) is 11.1 Å². The van der Waals surface area contributed by atoms with Crippen molar-refractivity contribution in [1.29, 1.82) is 0 Å². The largest absolute Gasteiger partial charge is 0.237 e. The zero-order valence-electron chi connectivity index (χ0n) is 19.3. The standard InChI is InChI=1S/C32H24N2/c1-25-13-19-29(20-14-25)33-31(23-17-27-9-5-3-6-10-27)32(24-18-28-11-7-4-8-12-28)34-30-21-15-26(2)16-22-30/h3-16,19-22H,1-2H3. The van der Waals surface area contributed by atoms with Crippen LogP contribution in [-0.2, 0) is 0 Å². The molecular weight excluding hydrogens is 412 g/mol. The van der Waals surface area contributed by atoms with Crippen molar-refractivity contribution in [3.63, 3.8) is 0 Å². The van der Waals surface area contributed by atoms with Crippen molar-refractivity contribution >= 4 is 22.8 Å². The van der Waals surface area contributed by atoms with Crippen molar-refractivity contribution < 1.29 is 0 Å². The molecule has 0 spiro atoms. The minimum atomic E-state index is 0.525. The molecule has 0 saturated carbocycles. The summed E-state index contributed by atoms with van der Waals surface area (Å²) < 4.78 is 0. The van der Waals surface area contributed by atoms with E-state index in [-0.39, 0.29) is 0 Å². The summed E-state index contributed by atoms with van der Waals surface area (Å²) in [6.07, 6.45) is 0. The predicted octanol–water partition coefficient (Wildman–Crippen LogP) is 7.25. The summed E-state index contributed by atoms with van der Waals surface area (Å²) in [6, 6.07) is 35.8. The van der Waals surface area contributed by atoms with Gasteiger partial charge in [0.2, 0.25) is 0 Å². The average Bonchev–Trinajstić information content (AvgIpc) is 2.88. The number of hydrogen-bond acceptors (Lipinski definition) is 2. The monoisotopic (exact) mass is 436 g/mol. The molecule has 2 nitrogen and oxygen atoms in total. The highest BCUT2D eigenvalue weighted by Gasteiger charge is 2.07. The van der Waals surface area contributed by atoms with Crippen LogP contribution < -0.4 is 0 Å². The number of rotatable bonds is 3. The quantitative estimate of drug-likeness (QED) is 0.239. The third-order valence-corrected chi connectivity index (χ3v) is 4.97. The first-order valence-electron chi connectivity index (χ1n) is 11.1. The van der Waals surface area contributed by atoms with E-state index in [0.29, 0.717) is 11.4 Å². The van der Waals surface area contributed by atoms with Gasteiger partial charge in [-0.05, 0) is 74.2 Å². The summed E-state index contributed by atoms with van der Waals surface area (Å²) in [5, 5.41) is 0. The summed E-state index contributed by atoms with van der Waals surface area (Å²) >= 11 is 0. The number of aliphatic imine (C=N–C) groups is 2. The highest BCUT2D eigenvalue weighted by atomic mass is 14.8. The van der Waals surface area contributed by atoms with Crippen molar-refractivity contribution in [2.75, 3.05) is 0 Å². The maximum Gasteiger partial charge on any atom is 0.148 e. The van der Waals surface area contributed by atoms with Gasteiger partial charge in [-0.25, -0.2) is 9.98 Å². The molecule has 4 aromatic rings. The van der Waals surface area contributed by atoms with Gasteiger partial charge in [-0.1, -0.05) is 83.6 Å². The maximum atomic E-state index is 4.85. The summed E-state index contributed by atoms with van der Waals surface area (Å²) in [5.41, 5.74) is 6.83. The second kappa shape index (κ2) is 11.3. The van der Waals surface area contributed by atoms with Crippen LogP contribution in [-0.4, -0.2) is 11.4 Å². The molecule has 0 unspecified atom stereocenters. The Morgan fingerprint density at radius 1 is 0.471 bits per heavy atom. The van der Waals surface area contributed by atoms with Gasteiger partial charge in [0.25, 0.3) is 0 Å².